The van der Waals surface area contributed by atoms with E-state index in [9.17, 15) is 0 Å². The topological polar surface area (TPSA) is 18.5 Å². The van der Waals surface area contributed by atoms with Gasteiger partial charge in [-0.05, 0) is 40.5 Å². The number of rotatable bonds is 5. The van der Waals surface area contributed by atoms with Crippen molar-refractivity contribution < 1.29 is 9.31 Å². The summed E-state index contributed by atoms with van der Waals surface area (Å²) < 4.78 is 11.0. The fourth-order valence-electron chi connectivity index (χ4n) is 0.571. The van der Waals surface area contributed by atoms with Crippen molar-refractivity contribution in [2.75, 3.05) is 0 Å². The molecule has 0 spiro atoms. The largest absolute Gasteiger partial charge is 0.443 e. The van der Waals surface area contributed by atoms with Gasteiger partial charge < -0.3 is 9.31 Å². The molecule has 0 rings (SSSR count). The molecule has 0 fully saturated rings. The Hall–Kier alpha value is 0.0499. The van der Waals surface area contributed by atoms with E-state index in [4.69, 9.17) is 9.31 Å². The second-order valence-corrected chi connectivity index (χ2v) is 5.38. The van der Waals surface area contributed by atoms with E-state index in [0.29, 0.717) is 5.92 Å². The highest BCUT2D eigenvalue weighted by Crippen LogP contribution is 2.19. The molecule has 0 bridgehead atoms. The zero-order chi connectivity index (χ0) is 11.4. The normalized spacial score (nSPS) is 13.1. The minimum absolute atomic E-state index is 0.141. The molecule has 0 aliphatic heterocycles. The molecule has 2 nitrogen and oxygen atoms in total. The van der Waals surface area contributed by atoms with Gasteiger partial charge in [0.25, 0.3) is 14.7 Å². The molecule has 14 heavy (non-hydrogen) atoms. The molecule has 80 valence electrons. The zero-order valence-corrected chi connectivity index (χ0v) is 10.5. The molecule has 4 heteroatoms. The van der Waals surface area contributed by atoms with E-state index >= 15 is 0 Å². The molecule has 0 aromatic rings. The maximum atomic E-state index is 5.58. The lowest BCUT2D eigenvalue weighted by molar-refractivity contribution is 0.0652. The predicted octanol–water partition coefficient (Wildman–Crippen LogP) is 2.41. The first kappa shape index (κ1) is 14.0. The average molecular weight is 196 g/mol. The van der Waals surface area contributed by atoms with Gasteiger partial charge in [-0.2, -0.15) is 0 Å². The molecule has 0 atom stereocenters. The molecule has 2 radical (unpaired) electrons. The summed E-state index contributed by atoms with van der Waals surface area (Å²) in [7, 11) is 3.25. The van der Waals surface area contributed by atoms with Crippen molar-refractivity contribution in [2.45, 2.75) is 59.7 Å². The lowest BCUT2D eigenvalue weighted by Crippen LogP contribution is -2.36. The van der Waals surface area contributed by atoms with Gasteiger partial charge in [-0.1, -0.05) is 13.8 Å². The Labute approximate surface area is 90.3 Å². The van der Waals surface area contributed by atoms with Crippen molar-refractivity contribution in [3.63, 3.8) is 0 Å². The van der Waals surface area contributed by atoms with E-state index in [1.165, 1.54) is 0 Å². The van der Waals surface area contributed by atoms with Crippen LogP contribution in [0, 0.1) is 5.92 Å². The molecule has 0 unspecified atom stereocenters. The highest BCUT2D eigenvalue weighted by atomic mass is 16.5. The van der Waals surface area contributed by atoms with Crippen LogP contribution in [0.2, 0.25) is 0 Å². The van der Waals surface area contributed by atoms with Crippen LogP contribution in [0.25, 0.3) is 0 Å². The van der Waals surface area contributed by atoms with Gasteiger partial charge in [-0.3, -0.25) is 0 Å². The standard InChI is InChI=1S/C10H22B2O2/c1-8(2)10(6,7)14-12-11-13-9(3,4)5/h8H,1-7H3. The second kappa shape index (κ2) is 5.22. The molecule has 0 aromatic heterocycles. The fraction of sp³-hybridized carbons (Fsp3) is 1.00. The lowest BCUT2D eigenvalue weighted by Gasteiger charge is -2.30. The van der Waals surface area contributed by atoms with Crippen LogP contribution < -0.4 is 0 Å². The first-order valence-electron chi connectivity index (χ1n) is 5.16. The summed E-state index contributed by atoms with van der Waals surface area (Å²) in [5.41, 5.74) is -0.292. The SMILES string of the molecule is CC(C)C(C)(C)O[B][B]OC(C)(C)C. The Morgan fingerprint density at radius 1 is 0.857 bits per heavy atom. The molecular weight excluding hydrogens is 174 g/mol. The lowest BCUT2D eigenvalue weighted by atomic mass is 9.63. The Balaban J connectivity index is 3.65. The average Bonchev–Trinajstić information content (AvgIpc) is 1.96. The Bertz CT molecular complexity index is 162. The highest BCUT2D eigenvalue weighted by molar-refractivity contribution is 6.93. The molecule has 0 heterocycles. The van der Waals surface area contributed by atoms with Crippen LogP contribution in [0.1, 0.15) is 48.5 Å². The summed E-state index contributed by atoms with van der Waals surface area (Å²) in [4.78, 5) is 0. The van der Waals surface area contributed by atoms with Gasteiger partial charge in [0.2, 0.25) is 0 Å². The van der Waals surface area contributed by atoms with Gasteiger partial charge in [0.15, 0.2) is 0 Å². The monoisotopic (exact) mass is 196 g/mol. The third-order valence-electron chi connectivity index (χ3n) is 2.24. The van der Waals surface area contributed by atoms with Crippen LogP contribution in [0.4, 0.5) is 0 Å². The molecule has 0 aliphatic carbocycles. The summed E-state index contributed by atoms with van der Waals surface area (Å²) >= 11 is 0. The molecule has 0 aromatic carbocycles. The van der Waals surface area contributed by atoms with E-state index in [1.807, 2.05) is 20.8 Å². The van der Waals surface area contributed by atoms with Crippen molar-refractivity contribution in [3.8, 4) is 0 Å². The van der Waals surface area contributed by atoms with Crippen molar-refractivity contribution in [3.05, 3.63) is 0 Å². The van der Waals surface area contributed by atoms with Gasteiger partial charge in [0.1, 0.15) is 0 Å². The minimum atomic E-state index is -0.151. The third-order valence-corrected chi connectivity index (χ3v) is 2.24. The summed E-state index contributed by atoms with van der Waals surface area (Å²) in [6, 6.07) is 0. The molecule has 0 N–H and O–H groups in total. The number of hydrogen-bond donors (Lipinski definition) is 0. The molecule has 0 saturated heterocycles. The fourth-order valence-corrected chi connectivity index (χ4v) is 0.571. The smallest absolute Gasteiger partial charge is 0.283 e. The van der Waals surface area contributed by atoms with E-state index < -0.39 is 0 Å². The molecular formula is C10H22B2O2. The van der Waals surface area contributed by atoms with Crippen molar-refractivity contribution in [1.29, 1.82) is 0 Å². The van der Waals surface area contributed by atoms with Gasteiger partial charge in [-0.25, -0.2) is 0 Å². The van der Waals surface area contributed by atoms with Crippen LogP contribution in [0.3, 0.4) is 0 Å². The van der Waals surface area contributed by atoms with Crippen molar-refractivity contribution in [2.24, 2.45) is 5.92 Å². The van der Waals surface area contributed by atoms with Gasteiger partial charge >= 0.3 is 0 Å². The molecule has 0 amide bonds. The quantitative estimate of drug-likeness (QED) is 0.496. The minimum Gasteiger partial charge on any atom is -0.443 e. The predicted molar refractivity (Wildman–Crippen MR) is 62.3 cm³/mol. The summed E-state index contributed by atoms with van der Waals surface area (Å²) in [5.74, 6) is 0.474. The Morgan fingerprint density at radius 3 is 1.64 bits per heavy atom. The van der Waals surface area contributed by atoms with E-state index in [-0.39, 0.29) is 11.2 Å². The maximum Gasteiger partial charge on any atom is 0.283 e. The maximum absolute atomic E-state index is 5.58. The van der Waals surface area contributed by atoms with E-state index in [1.54, 1.807) is 14.7 Å². The first-order valence-corrected chi connectivity index (χ1v) is 5.16. The van der Waals surface area contributed by atoms with E-state index in [0.717, 1.165) is 0 Å². The number of hydrogen-bond acceptors (Lipinski definition) is 2. The second-order valence-electron chi connectivity index (χ2n) is 5.38. The van der Waals surface area contributed by atoms with Crippen molar-refractivity contribution >= 4 is 14.7 Å². The van der Waals surface area contributed by atoms with Gasteiger partial charge in [0.05, 0.1) is 0 Å². The highest BCUT2D eigenvalue weighted by Gasteiger charge is 2.23. The third kappa shape index (κ3) is 6.50. The molecule has 0 aliphatic rings. The van der Waals surface area contributed by atoms with E-state index in [2.05, 4.69) is 27.7 Å². The van der Waals surface area contributed by atoms with Crippen LogP contribution in [-0.2, 0) is 9.31 Å². The Kier molecular flexibility index (Phi) is 5.24. The van der Waals surface area contributed by atoms with Gasteiger partial charge in [0, 0.05) is 11.2 Å². The van der Waals surface area contributed by atoms with Gasteiger partial charge in [-0.15, -0.1) is 0 Å². The summed E-state index contributed by atoms with van der Waals surface area (Å²) in [6.45, 7) is 14.4. The van der Waals surface area contributed by atoms with Crippen LogP contribution >= 0.6 is 0 Å². The summed E-state index contributed by atoms with van der Waals surface area (Å²) in [6.07, 6.45) is 0. The van der Waals surface area contributed by atoms with Crippen LogP contribution in [0.5, 0.6) is 0 Å². The molecule has 0 saturated carbocycles. The first-order chi connectivity index (χ1) is 6.15. The zero-order valence-electron chi connectivity index (χ0n) is 10.5. The van der Waals surface area contributed by atoms with Crippen molar-refractivity contribution in [1.82, 2.24) is 0 Å². The van der Waals surface area contributed by atoms with Crippen LogP contribution in [-0.4, -0.2) is 25.9 Å². The Morgan fingerprint density at radius 2 is 1.29 bits per heavy atom. The summed E-state index contributed by atoms with van der Waals surface area (Å²) in [5, 5.41) is 0. The van der Waals surface area contributed by atoms with Crippen LogP contribution in [0.15, 0.2) is 0 Å².